The zero-order valence-corrected chi connectivity index (χ0v) is 13.8. The molecule has 0 N–H and O–H groups in total. The van der Waals surface area contributed by atoms with Crippen LogP contribution in [0.5, 0.6) is 0 Å². The van der Waals surface area contributed by atoms with Gasteiger partial charge in [-0.05, 0) is 25.0 Å². The third-order valence-corrected chi connectivity index (χ3v) is 4.84. The van der Waals surface area contributed by atoms with Crippen LogP contribution in [0.2, 0.25) is 10.0 Å². The minimum atomic E-state index is -0.804. The van der Waals surface area contributed by atoms with Crippen LogP contribution in [0.15, 0.2) is 18.2 Å². The number of hydrogen-bond acceptors (Lipinski definition) is 4. The van der Waals surface area contributed by atoms with Crippen molar-refractivity contribution in [1.29, 1.82) is 0 Å². The summed E-state index contributed by atoms with van der Waals surface area (Å²) in [6, 6.07) is 5.14. The molecule has 2 aliphatic rings. The molecule has 6 heteroatoms. The van der Waals surface area contributed by atoms with Crippen LogP contribution >= 0.6 is 23.2 Å². The second kappa shape index (κ2) is 6.36. The van der Waals surface area contributed by atoms with Gasteiger partial charge in [-0.1, -0.05) is 35.7 Å². The number of ether oxygens (including phenoxy) is 3. The summed E-state index contributed by atoms with van der Waals surface area (Å²) in [7, 11) is 1.35. The number of rotatable bonds is 2. The lowest BCUT2D eigenvalue weighted by Gasteiger charge is -2.31. The third kappa shape index (κ3) is 2.98. The van der Waals surface area contributed by atoms with Gasteiger partial charge in [-0.2, -0.15) is 0 Å². The fourth-order valence-corrected chi connectivity index (χ4v) is 3.70. The highest BCUT2D eigenvalue weighted by atomic mass is 35.5. The summed E-state index contributed by atoms with van der Waals surface area (Å²) in [6.45, 7) is 0. The minimum absolute atomic E-state index is 0.446. The molecule has 0 amide bonds. The maximum atomic E-state index is 12.1. The van der Waals surface area contributed by atoms with Crippen LogP contribution in [-0.4, -0.2) is 25.0 Å². The van der Waals surface area contributed by atoms with Gasteiger partial charge in [0.1, 0.15) is 6.10 Å². The molecule has 3 rings (SSSR count). The molecule has 2 fully saturated rings. The van der Waals surface area contributed by atoms with Crippen molar-refractivity contribution in [1.82, 2.24) is 0 Å². The fraction of sp³-hybridized carbons (Fsp3) is 0.562. The summed E-state index contributed by atoms with van der Waals surface area (Å²) in [5.41, 5.74) is 0.698. The van der Waals surface area contributed by atoms with Gasteiger partial charge in [0.15, 0.2) is 11.9 Å². The van der Waals surface area contributed by atoms with E-state index in [0.29, 0.717) is 15.6 Å². The monoisotopic (exact) mass is 344 g/mol. The number of benzene rings is 1. The van der Waals surface area contributed by atoms with Crippen LogP contribution in [0.4, 0.5) is 0 Å². The molecular weight excluding hydrogens is 327 g/mol. The van der Waals surface area contributed by atoms with Crippen LogP contribution in [0, 0.1) is 0 Å². The van der Waals surface area contributed by atoms with Gasteiger partial charge in [0.2, 0.25) is 0 Å². The Hall–Kier alpha value is -0.810. The smallest absolute Gasteiger partial charge is 0.338 e. The number of carbonyl (C=O) groups is 1. The average Bonchev–Trinajstić information content (AvgIpc) is 2.86. The Morgan fingerprint density at radius 1 is 1.23 bits per heavy atom. The summed E-state index contributed by atoms with van der Waals surface area (Å²) in [5.74, 6) is -1.15. The van der Waals surface area contributed by atoms with Crippen molar-refractivity contribution in [2.45, 2.75) is 50.1 Å². The minimum Gasteiger partial charge on any atom is -0.467 e. The van der Waals surface area contributed by atoms with Crippen LogP contribution in [0.25, 0.3) is 0 Å². The summed E-state index contributed by atoms with van der Waals surface area (Å²) in [4.78, 5) is 12.1. The van der Waals surface area contributed by atoms with Crippen LogP contribution in [-0.2, 0) is 19.0 Å². The highest BCUT2D eigenvalue weighted by Gasteiger charge is 2.52. The Balaban J connectivity index is 1.94. The van der Waals surface area contributed by atoms with E-state index >= 15 is 0 Å². The Bertz CT molecular complexity index is 569. The standard InChI is InChI=1S/C16H18Cl2O4/c1-20-15(19)14-13(11-6-5-10(17)9-12(11)18)21-16(22-14)7-3-2-4-8-16/h5-6,9,13-14H,2-4,7-8H2,1H3/t13-,14+/m0/s1. The molecule has 120 valence electrons. The second-order valence-corrected chi connectivity index (χ2v) is 6.58. The molecule has 2 atom stereocenters. The first-order valence-electron chi connectivity index (χ1n) is 7.43. The van der Waals surface area contributed by atoms with E-state index in [1.165, 1.54) is 7.11 Å². The van der Waals surface area contributed by atoms with E-state index in [1.807, 2.05) is 0 Å². The van der Waals surface area contributed by atoms with Crippen LogP contribution < -0.4 is 0 Å². The number of halogens is 2. The lowest BCUT2D eigenvalue weighted by molar-refractivity contribution is -0.199. The highest BCUT2D eigenvalue weighted by molar-refractivity contribution is 6.35. The van der Waals surface area contributed by atoms with Crippen molar-refractivity contribution < 1.29 is 19.0 Å². The zero-order valence-electron chi connectivity index (χ0n) is 12.3. The van der Waals surface area contributed by atoms with Crippen molar-refractivity contribution >= 4 is 29.2 Å². The summed E-state index contributed by atoms with van der Waals surface area (Å²) in [5, 5.41) is 0.998. The first kappa shape index (κ1) is 16.1. The largest absolute Gasteiger partial charge is 0.467 e. The van der Waals surface area contributed by atoms with E-state index in [1.54, 1.807) is 18.2 Å². The van der Waals surface area contributed by atoms with E-state index < -0.39 is 24.0 Å². The molecule has 1 aromatic rings. The predicted octanol–water partition coefficient (Wildman–Crippen LogP) is 4.28. The molecule has 0 bridgehead atoms. The van der Waals surface area contributed by atoms with Crippen molar-refractivity contribution in [3.63, 3.8) is 0 Å². The van der Waals surface area contributed by atoms with E-state index in [-0.39, 0.29) is 0 Å². The van der Waals surface area contributed by atoms with E-state index in [2.05, 4.69) is 0 Å². The Morgan fingerprint density at radius 3 is 2.59 bits per heavy atom. The zero-order chi connectivity index (χ0) is 15.7. The normalized spacial score (nSPS) is 27.0. The number of esters is 1. The maximum absolute atomic E-state index is 12.1. The van der Waals surface area contributed by atoms with Gasteiger partial charge < -0.3 is 14.2 Å². The molecule has 1 saturated carbocycles. The second-order valence-electron chi connectivity index (χ2n) is 5.74. The number of hydrogen-bond donors (Lipinski definition) is 0. The van der Waals surface area contributed by atoms with Crippen molar-refractivity contribution in [2.75, 3.05) is 7.11 Å². The Kier molecular flexibility index (Phi) is 4.64. The van der Waals surface area contributed by atoms with Gasteiger partial charge in [-0.3, -0.25) is 0 Å². The van der Waals surface area contributed by atoms with Gasteiger partial charge in [-0.15, -0.1) is 0 Å². The summed E-state index contributed by atoms with van der Waals surface area (Å²) in [6.07, 6.45) is 3.38. The summed E-state index contributed by atoms with van der Waals surface area (Å²) < 4.78 is 17.1. The van der Waals surface area contributed by atoms with Gasteiger partial charge in [0.25, 0.3) is 0 Å². The van der Waals surface area contributed by atoms with Crippen molar-refractivity contribution in [3.05, 3.63) is 33.8 Å². The van der Waals surface area contributed by atoms with Crippen LogP contribution in [0.3, 0.4) is 0 Å². The molecule has 0 aromatic heterocycles. The first-order valence-corrected chi connectivity index (χ1v) is 8.19. The molecular formula is C16H18Cl2O4. The van der Waals surface area contributed by atoms with Crippen molar-refractivity contribution in [3.8, 4) is 0 Å². The Labute approximate surface area is 139 Å². The Morgan fingerprint density at radius 2 is 1.95 bits per heavy atom. The SMILES string of the molecule is COC(=O)[C@@H]1OC2(CCCCC2)O[C@H]1c1ccc(Cl)cc1Cl. The maximum Gasteiger partial charge on any atom is 0.338 e. The van der Waals surface area contributed by atoms with E-state index in [9.17, 15) is 4.79 Å². The molecule has 1 saturated heterocycles. The quantitative estimate of drug-likeness (QED) is 0.751. The molecule has 0 unspecified atom stereocenters. The third-order valence-electron chi connectivity index (χ3n) is 4.28. The molecule has 1 aliphatic heterocycles. The highest BCUT2D eigenvalue weighted by Crippen LogP contribution is 2.47. The van der Waals surface area contributed by atoms with E-state index in [0.717, 1.165) is 32.1 Å². The molecule has 1 heterocycles. The lowest BCUT2D eigenvalue weighted by Crippen LogP contribution is -2.35. The molecule has 1 aromatic carbocycles. The molecule has 22 heavy (non-hydrogen) atoms. The number of carbonyl (C=O) groups excluding carboxylic acids is 1. The number of methoxy groups -OCH3 is 1. The molecule has 1 aliphatic carbocycles. The van der Waals surface area contributed by atoms with Gasteiger partial charge in [0, 0.05) is 28.5 Å². The average molecular weight is 345 g/mol. The van der Waals surface area contributed by atoms with Gasteiger partial charge >= 0.3 is 5.97 Å². The first-order chi connectivity index (χ1) is 10.5. The molecule has 1 spiro atoms. The van der Waals surface area contributed by atoms with Crippen LogP contribution in [0.1, 0.15) is 43.8 Å². The van der Waals surface area contributed by atoms with E-state index in [4.69, 9.17) is 37.4 Å². The van der Waals surface area contributed by atoms with Gasteiger partial charge in [0.05, 0.1) is 7.11 Å². The summed E-state index contributed by atoms with van der Waals surface area (Å²) >= 11 is 12.2. The lowest BCUT2D eigenvalue weighted by atomic mass is 9.94. The predicted molar refractivity (Wildman–Crippen MR) is 83.0 cm³/mol. The molecule has 0 radical (unpaired) electrons. The topological polar surface area (TPSA) is 44.8 Å². The van der Waals surface area contributed by atoms with Crippen molar-refractivity contribution in [2.24, 2.45) is 0 Å². The molecule has 4 nitrogen and oxygen atoms in total. The van der Waals surface area contributed by atoms with Gasteiger partial charge in [-0.25, -0.2) is 4.79 Å². The fourth-order valence-electron chi connectivity index (χ4n) is 3.19.